The van der Waals surface area contributed by atoms with E-state index in [0.717, 1.165) is 5.56 Å². The van der Waals surface area contributed by atoms with Crippen molar-refractivity contribution in [1.82, 2.24) is 0 Å². The van der Waals surface area contributed by atoms with Crippen LogP contribution in [0.3, 0.4) is 0 Å². The van der Waals surface area contributed by atoms with Crippen LogP contribution in [0.25, 0.3) is 6.08 Å². The maximum absolute atomic E-state index is 12.3. The molecule has 0 fully saturated rings. The summed E-state index contributed by atoms with van der Waals surface area (Å²) in [7, 11) is 1.39. The van der Waals surface area contributed by atoms with E-state index < -0.39 is 5.92 Å². The molecule has 0 aromatic heterocycles. The van der Waals surface area contributed by atoms with Crippen LogP contribution in [0.1, 0.15) is 24.0 Å². The van der Waals surface area contributed by atoms with Crippen LogP contribution in [-0.2, 0) is 9.53 Å². The van der Waals surface area contributed by atoms with Crippen molar-refractivity contribution in [2.24, 2.45) is 5.92 Å². The number of rotatable bonds is 8. The Morgan fingerprint density at radius 1 is 1.12 bits per heavy atom. The molecule has 0 aliphatic heterocycles. The van der Waals surface area contributed by atoms with Crippen LogP contribution in [0.4, 0.5) is 0 Å². The first-order chi connectivity index (χ1) is 12.1. The highest BCUT2D eigenvalue weighted by atomic mass is 35.5. The predicted molar refractivity (Wildman–Crippen MR) is 102 cm³/mol. The van der Waals surface area contributed by atoms with Crippen molar-refractivity contribution in [2.45, 2.75) is 19.8 Å². The third-order valence-corrected chi connectivity index (χ3v) is 4.09. The number of esters is 1. The van der Waals surface area contributed by atoms with E-state index in [4.69, 9.17) is 21.1 Å². The van der Waals surface area contributed by atoms with E-state index in [9.17, 15) is 4.79 Å². The quantitative estimate of drug-likeness (QED) is 0.368. The molecule has 0 heterocycles. The molecule has 0 spiro atoms. The molecule has 0 amide bonds. The number of aryl methyl sites for hydroxylation is 1. The highest BCUT2D eigenvalue weighted by molar-refractivity contribution is 6.17. The summed E-state index contributed by atoms with van der Waals surface area (Å²) in [5.74, 6) is 0.911. The van der Waals surface area contributed by atoms with E-state index in [2.05, 4.69) is 0 Å². The Hall–Kier alpha value is -2.26. The largest absolute Gasteiger partial charge is 0.468 e. The van der Waals surface area contributed by atoms with Crippen molar-refractivity contribution in [3.05, 3.63) is 71.5 Å². The standard InChI is InChI=1S/C21H23ClO3/c1-16-10-12-17(13-11-16)15-20(25-18-7-4-3-5-8-18)19(9-6-14-22)21(23)24-2/h3-5,7-8,10-13,15,19H,6,9,14H2,1-2H3/b20-15+. The van der Waals surface area contributed by atoms with Crippen LogP contribution >= 0.6 is 11.6 Å². The Morgan fingerprint density at radius 2 is 1.80 bits per heavy atom. The minimum absolute atomic E-state index is 0.320. The summed E-state index contributed by atoms with van der Waals surface area (Å²) in [4.78, 5) is 12.3. The lowest BCUT2D eigenvalue weighted by molar-refractivity contribution is -0.145. The van der Waals surface area contributed by atoms with Gasteiger partial charge in [0.15, 0.2) is 0 Å². The Bertz CT molecular complexity index is 693. The van der Waals surface area contributed by atoms with Gasteiger partial charge in [0.25, 0.3) is 0 Å². The zero-order valence-electron chi connectivity index (χ0n) is 14.6. The summed E-state index contributed by atoms with van der Waals surface area (Å²) in [6.07, 6.45) is 3.16. The number of hydrogen-bond acceptors (Lipinski definition) is 3. The molecule has 25 heavy (non-hydrogen) atoms. The lowest BCUT2D eigenvalue weighted by atomic mass is 9.99. The lowest BCUT2D eigenvalue weighted by Crippen LogP contribution is -2.22. The number of para-hydroxylation sites is 1. The Kier molecular flexibility index (Phi) is 7.55. The summed E-state index contributed by atoms with van der Waals surface area (Å²) in [5, 5.41) is 0. The average molecular weight is 359 g/mol. The van der Waals surface area contributed by atoms with Crippen molar-refractivity contribution >= 4 is 23.6 Å². The molecular formula is C21H23ClO3. The summed E-state index contributed by atoms with van der Waals surface area (Å²) >= 11 is 5.82. The molecule has 0 bridgehead atoms. The number of carbonyl (C=O) groups excluding carboxylic acids is 1. The Labute approximate surface area is 154 Å². The molecule has 2 aromatic carbocycles. The average Bonchev–Trinajstić information content (AvgIpc) is 2.64. The van der Waals surface area contributed by atoms with Gasteiger partial charge in [-0.1, -0.05) is 48.0 Å². The van der Waals surface area contributed by atoms with Gasteiger partial charge in [-0.05, 0) is 43.5 Å². The number of ether oxygens (including phenoxy) is 2. The first-order valence-electron chi connectivity index (χ1n) is 8.29. The van der Waals surface area contributed by atoms with Gasteiger partial charge in [0.05, 0.1) is 7.11 Å². The molecule has 0 saturated heterocycles. The van der Waals surface area contributed by atoms with E-state index in [1.54, 1.807) is 0 Å². The van der Waals surface area contributed by atoms with Crippen LogP contribution in [0, 0.1) is 12.8 Å². The van der Waals surface area contributed by atoms with Gasteiger partial charge in [-0.15, -0.1) is 11.6 Å². The van der Waals surface area contributed by atoms with Gasteiger partial charge in [-0.2, -0.15) is 0 Å². The zero-order chi connectivity index (χ0) is 18.1. The smallest absolute Gasteiger partial charge is 0.316 e. The first-order valence-corrected chi connectivity index (χ1v) is 8.82. The third-order valence-electron chi connectivity index (χ3n) is 3.82. The van der Waals surface area contributed by atoms with E-state index >= 15 is 0 Å². The molecule has 0 aliphatic carbocycles. The molecule has 0 saturated carbocycles. The molecule has 3 nitrogen and oxygen atoms in total. The predicted octanol–water partition coefficient (Wildman–Crippen LogP) is 5.22. The second kappa shape index (κ2) is 9.90. The SMILES string of the molecule is COC(=O)C(CCCCl)/C(=C\c1ccc(C)cc1)Oc1ccccc1. The van der Waals surface area contributed by atoms with Crippen LogP contribution in [0.15, 0.2) is 60.4 Å². The first kappa shape index (κ1) is 19.1. The van der Waals surface area contributed by atoms with Crippen molar-refractivity contribution in [2.75, 3.05) is 13.0 Å². The fourth-order valence-electron chi connectivity index (χ4n) is 2.45. The van der Waals surface area contributed by atoms with Crippen LogP contribution in [0.2, 0.25) is 0 Å². The minimum atomic E-state index is -0.495. The highest BCUT2D eigenvalue weighted by Crippen LogP contribution is 2.26. The summed E-state index contributed by atoms with van der Waals surface area (Å²) in [6.45, 7) is 2.03. The molecule has 2 aromatic rings. The molecule has 132 valence electrons. The van der Waals surface area contributed by atoms with E-state index in [0.29, 0.717) is 30.2 Å². The van der Waals surface area contributed by atoms with Gasteiger partial charge in [-0.25, -0.2) is 0 Å². The maximum atomic E-state index is 12.3. The molecule has 1 unspecified atom stereocenters. The Morgan fingerprint density at radius 3 is 2.40 bits per heavy atom. The molecule has 0 N–H and O–H groups in total. The van der Waals surface area contributed by atoms with Gasteiger partial charge >= 0.3 is 5.97 Å². The summed E-state index contributed by atoms with van der Waals surface area (Å²) < 4.78 is 11.0. The van der Waals surface area contributed by atoms with Gasteiger partial charge in [-0.3, -0.25) is 4.79 Å². The van der Waals surface area contributed by atoms with Crippen LogP contribution in [0.5, 0.6) is 5.75 Å². The minimum Gasteiger partial charge on any atom is -0.468 e. The van der Waals surface area contributed by atoms with E-state index in [1.807, 2.05) is 67.6 Å². The van der Waals surface area contributed by atoms with Crippen LogP contribution < -0.4 is 4.74 Å². The molecule has 0 aliphatic rings. The highest BCUT2D eigenvalue weighted by Gasteiger charge is 2.25. The second-order valence-electron chi connectivity index (χ2n) is 5.78. The van der Waals surface area contributed by atoms with Gasteiger partial charge in [0, 0.05) is 5.88 Å². The van der Waals surface area contributed by atoms with Crippen molar-refractivity contribution < 1.29 is 14.3 Å². The summed E-state index contributed by atoms with van der Waals surface area (Å²) in [6, 6.07) is 17.5. The zero-order valence-corrected chi connectivity index (χ0v) is 15.3. The number of carbonyl (C=O) groups is 1. The van der Waals surface area contributed by atoms with Crippen LogP contribution in [-0.4, -0.2) is 19.0 Å². The molecule has 1 atom stereocenters. The van der Waals surface area contributed by atoms with E-state index in [1.165, 1.54) is 12.7 Å². The van der Waals surface area contributed by atoms with E-state index in [-0.39, 0.29) is 5.97 Å². The molecule has 4 heteroatoms. The van der Waals surface area contributed by atoms with Gasteiger partial charge in [0.2, 0.25) is 0 Å². The van der Waals surface area contributed by atoms with Gasteiger partial charge in [0.1, 0.15) is 17.4 Å². The Balaban J connectivity index is 2.37. The van der Waals surface area contributed by atoms with Gasteiger partial charge < -0.3 is 9.47 Å². The molecule has 2 rings (SSSR count). The molecular weight excluding hydrogens is 336 g/mol. The lowest BCUT2D eigenvalue weighted by Gasteiger charge is -2.19. The number of halogens is 1. The third kappa shape index (κ3) is 5.95. The van der Waals surface area contributed by atoms with Crippen molar-refractivity contribution in [3.63, 3.8) is 0 Å². The second-order valence-corrected chi connectivity index (χ2v) is 6.16. The normalized spacial score (nSPS) is 12.5. The fourth-order valence-corrected chi connectivity index (χ4v) is 2.61. The van der Waals surface area contributed by atoms with Crippen molar-refractivity contribution in [3.8, 4) is 5.75 Å². The fraction of sp³-hybridized carbons (Fsp3) is 0.286. The number of alkyl halides is 1. The number of methoxy groups -OCH3 is 1. The number of hydrogen-bond donors (Lipinski definition) is 0. The maximum Gasteiger partial charge on any atom is 0.316 e. The number of benzene rings is 2. The summed E-state index contributed by atoms with van der Waals surface area (Å²) in [5.41, 5.74) is 2.14. The van der Waals surface area contributed by atoms with Crippen molar-refractivity contribution in [1.29, 1.82) is 0 Å². The molecule has 0 radical (unpaired) electrons. The topological polar surface area (TPSA) is 35.5 Å². The monoisotopic (exact) mass is 358 g/mol.